The summed E-state index contributed by atoms with van der Waals surface area (Å²) in [5.41, 5.74) is 2.87. The standard InChI is InChI=1S/C24H15Br2ClN2O5/c1-13-4-2-3-5-15(13)12-33-22-18(25)8-14(9-19(22)26)10-21-24(30)34-23(28-21)17-11-16(29(31)32)6-7-20(17)27/h2-11H,12H2,1H3/b21-10-. The summed E-state index contributed by atoms with van der Waals surface area (Å²) in [4.78, 5) is 27.1. The maximum absolute atomic E-state index is 12.4. The summed E-state index contributed by atoms with van der Waals surface area (Å²) in [6, 6.07) is 15.4. The number of non-ortho nitro benzene ring substituents is 1. The van der Waals surface area contributed by atoms with E-state index in [0.717, 1.165) is 11.1 Å². The molecule has 0 fully saturated rings. The summed E-state index contributed by atoms with van der Waals surface area (Å²) in [6.07, 6.45) is 1.54. The van der Waals surface area contributed by atoms with Crippen LogP contribution in [0.5, 0.6) is 5.75 Å². The first-order chi connectivity index (χ1) is 16.2. The molecule has 3 aromatic carbocycles. The molecule has 0 N–H and O–H groups in total. The van der Waals surface area contributed by atoms with Gasteiger partial charge in [-0.1, -0.05) is 35.9 Å². The number of carbonyl (C=O) groups excluding carboxylic acids is 1. The Morgan fingerprint density at radius 1 is 1.15 bits per heavy atom. The first-order valence-corrected chi connectivity index (χ1v) is 11.8. The summed E-state index contributed by atoms with van der Waals surface area (Å²) in [5.74, 6) is -0.169. The lowest BCUT2D eigenvalue weighted by atomic mass is 10.1. The Hall–Kier alpha value is -3.01. The number of aryl methyl sites for hydroxylation is 1. The van der Waals surface area contributed by atoms with Crippen molar-refractivity contribution in [3.63, 3.8) is 0 Å². The first-order valence-electron chi connectivity index (χ1n) is 9.86. The van der Waals surface area contributed by atoms with E-state index in [1.165, 1.54) is 18.2 Å². The Morgan fingerprint density at radius 3 is 2.53 bits per heavy atom. The van der Waals surface area contributed by atoms with Crippen LogP contribution in [-0.2, 0) is 16.1 Å². The predicted molar refractivity (Wildman–Crippen MR) is 136 cm³/mol. The lowest BCUT2D eigenvalue weighted by molar-refractivity contribution is -0.384. The van der Waals surface area contributed by atoms with E-state index >= 15 is 0 Å². The van der Waals surface area contributed by atoms with Gasteiger partial charge in [0.25, 0.3) is 5.69 Å². The number of carbonyl (C=O) groups is 1. The van der Waals surface area contributed by atoms with Gasteiger partial charge in [0.2, 0.25) is 5.90 Å². The highest BCUT2D eigenvalue weighted by molar-refractivity contribution is 9.11. The van der Waals surface area contributed by atoms with Crippen LogP contribution in [0, 0.1) is 17.0 Å². The molecule has 0 radical (unpaired) electrons. The number of cyclic esters (lactones) is 1. The maximum atomic E-state index is 12.4. The molecule has 7 nitrogen and oxygen atoms in total. The van der Waals surface area contributed by atoms with Crippen LogP contribution in [0.1, 0.15) is 22.3 Å². The van der Waals surface area contributed by atoms with Gasteiger partial charge in [0, 0.05) is 12.1 Å². The Bertz CT molecular complexity index is 1360. The highest BCUT2D eigenvalue weighted by Crippen LogP contribution is 2.36. The summed E-state index contributed by atoms with van der Waals surface area (Å²) in [6.45, 7) is 2.42. The molecule has 0 unspecified atom stereocenters. The smallest absolute Gasteiger partial charge is 0.363 e. The van der Waals surface area contributed by atoms with Crippen molar-refractivity contribution >= 4 is 67.1 Å². The molecule has 34 heavy (non-hydrogen) atoms. The van der Waals surface area contributed by atoms with Gasteiger partial charge in [-0.2, -0.15) is 0 Å². The zero-order valence-electron chi connectivity index (χ0n) is 17.6. The second-order valence-corrected chi connectivity index (χ2v) is 9.40. The first kappa shape index (κ1) is 24.1. The lowest BCUT2D eigenvalue weighted by Crippen LogP contribution is -2.06. The SMILES string of the molecule is Cc1ccccc1COc1c(Br)cc(/C=C2\N=C(c3cc([N+](=O)[O-])ccc3Cl)OC2=O)cc1Br. The number of hydrogen-bond acceptors (Lipinski definition) is 6. The minimum atomic E-state index is -0.690. The quantitative estimate of drug-likeness (QED) is 0.130. The van der Waals surface area contributed by atoms with Crippen molar-refractivity contribution in [2.24, 2.45) is 4.99 Å². The molecule has 10 heteroatoms. The van der Waals surface area contributed by atoms with Crippen molar-refractivity contribution in [3.8, 4) is 5.75 Å². The van der Waals surface area contributed by atoms with Gasteiger partial charge >= 0.3 is 5.97 Å². The zero-order valence-corrected chi connectivity index (χ0v) is 21.5. The maximum Gasteiger partial charge on any atom is 0.363 e. The highest BCUT2D eigenvalue weighted by atomic mass is 79.9. The molecule has 3 aromatic rings. The van der Waals surface area contributed by atoms with Gasteiger partial charge in [0.05, 0.1) is 24.5 Å². The molecule has 4 rings (SSSR count). The van der Waals surface area contributed by atoms with E-state index in [1.807, 2.05) is 31.2 Å². The second kappa shape index (κ2) is 10.1. The third-order valence-electron chi connectivity index (χ3n) is 4.97. The van der Waals surface area contributed by atoms with Crippen molar-refractivity contribution in [1.82, 2.24) is 0 Å². The molecule has 0 saturated carbocycles. The molecule has 1 aliphatic heterocycles. The van der Waals surface area contributed by atoms with E-state index < -0.39 is 10.9 Å². The summed E-state index contributed by atoms with van der Waals surface area (Å²) in [7, 11) is 0. The van der Waals surface area contributed by atoms with Crippen LogP contribution >= 0.6 is 43.5 Å². The van der Waals surface area contributed by atoms with Crippen LogP contribution in [0.15, 0.2) is 74.2 Å². The highest BCUT2D eigenvalue weighted by Gasteiger charge is 2.27. The van der Waals surface area contributed by atoms with Crippen LogP contribution in [0.3, 0.4) is 0 Å². The Labute approximate surface area is 216 Å². The number of benzene rings is 3. The topological polar surface area (TPSA) is 91.0 Å². The second-order valence-electron chi connectivity index (χ2n) is 7.29. The van der Waals surface area contributed by atoms with E-state index in [0.29, 0.717) is 26.9 Å². The van der Waals surface area contributed by atoms with Gasteiger partial charge in [-0.05, 0) is 79.7 Å². The Balaban J connectivity index is 1.60. The summed E-state index contributed by atoms with van der Waals surface area (Å²) >= 11 is 13.2. The van der Waals surface area contributed by atoms with Crippen LogP contribution in [0.2, 0.25) is 5.02 Å². The van der Waals surface area contributed by atoms with Gasteiger partial charge in [0.15, 0.2) is 5.70 Å². The minimum absolute atomic E-state index is 0.0324. The fourth-order valence-electron chi connectivity index (χ4n) is 3.20. The number of nitrogens with zero attached hydrogens (tertiary/aromatic N) is 2. The molecule has 0 spiro atoms. The largest absolute Gasteiger partial charge is 0.487 e. The van der Waals surface area contributed by atoms with Crippen molar-refractivity contribution in [2.75, 3.05) is 0 Å². The summed E-state index contributed by atoms with van der Waals surface area (Å²) < 4.78 is 12.6. The number of nitro benzene ring substituents is 1. The van der Waals surface area contributed by atoms with E-state index in [4.69, 9.17) is 21.1 Å². The van der Waals surface area contributed by atoms with Crippen molar-refractivity contribution < 1.29 is 19.2 Å². The van der Waals surface area contributed by atoms with Crippen LogP contribution in [0.25, 0.3) is 6.08 Å². The molecule has 0 amide bonds. The van der Waals surface area contributed by atoms with Crippen LogP contribution in [0.4, 0.5) is 5.69 Å². The molecule has 0 saturated heterocycles. The summed E-state index contributed by atoms with van der Waals surface area (Å²) in [5, 5.41) is 11.2. The number of ether oxygens (including phenoxy) is 2. The van der Waals surface area contributed by atoms with Crippen molar-refractivity contribution in [3.05, 3.63) is 107 Å². The van der Waals surface area contributed by atoms with E-state index in [9.17, 15) is 14.9 Å². The number of hydrogen-bond donors (Lipinski definition) is 0. The average Bonchev–Trinajstić information content (AvgIpc) is 3.14. The molecule has 1 aliphatic rings. The van der Waals surface area contributed by atoms with Crippen molar-refractivity contribution in [2.45, 2.75) is 13.5 Å². The minimum Gasteiger partial charge on any atom is -0.487 e. The number of halogens is 3. The van der Waals surface area contributed by atoms with Gasteiger partial charge in [-0.25, -0.2) is 9.79 Å². The fraction of sp³-hybridized carbons (Fsp3) is 0.0833. The monoisotopic (exact) mass is 604 g/mol. The molecular weight excluding hydrogens is 592 g/mol. The average molecular weight is 607 g/mol. The van der Waals surface area contributed by atoms with Gasteiger partial charge in [-0.15, -0.1) is 0 Å². The van der Waals surface area contributed by atoms with E-state index in [1.54, 1.807) is 18.2 Å². The molecule has 0 bridgehead atoms. The van der Waals surface area contributed by atoms with Crippen LogP contribution < -0.4 is 4.74 Å². The number of esters is 1. The number of nitro groups is 1. The normalized spacial score (nSPS) is 14.2. The number of rotatable bonds is 6. The lowest BCUT2D eigenvalue weighted by Gasteiger charge is -2.12. The molecule has 172 valence electrons. The van der Waals surface area contributed by atoms with Gasteiger partial charge in [0.1, 0.15) is 12.4 Å². The predicted octanol–water partition coefficient (Wildman–Crippen LogP) is 7.01. The fourth-order valence-corrected chi connectivity index (χ4v) is 4.84. The molecule has 0 aliphatic carbocycles. The third kappa shape index (κ3) is 5.22. The van der Waals surface area contributed by atoms with E-state index in [2.05, 4.69) is 36.9 Å². The molecular formula is C24H15Br2ClN2O5. The Kier molecular flexibility index (Phi) is 7.16. The van der Waals surface area contributed by atoms with Gasteiger partial charge < -0.3 is 9.47 Å². The zero-order chi connectivity index (χ0) is 24.4. The van der Waals surface area contributed by atoms with E-state index in [-0.39, 0.29) is 27.9 Å². The van der Waals surface area contributed by atoms with Crippen LogP contribution in [-0.4, -0.2) is 16.8 Å². The molecule has 0 atom stereocenters. The molecule has 0 aromatic heterocycles. The molecule has 1 heterocycles. The number of aliphatic imine (C=N–C) groups is 1. The van der Waals surface area contributed by atoms with Crippen molar-refractivity contribution in [1.29, 1.82) is 0 Å². The van der Waals surface area contributed by atoms with Gasteiger partial charge in [-0.3, -0.25) is 10.1 Å². The third-order valence-corrected chi connectivity index (χ3v) is 6.48. The Morgan fingerprint density at radius 2 is 1.85 bits per heavy atom.